The minimum absolute atomic E-state index is 0.0363. The second kappa shape index (κ2) is 3.78. The zero-order valence-corrected chi connectivity index (χ0v) is 10.2. The SMILES string of the molecule is C[C@@H]1[C@H](N(C)C)[C@@H](F)CN1C(C)(C)C. The van der Waals surface area contributed by atoms with Gasteiger partial charge in [-0.1, -0.05) is 0 Å². The molecule has 1 rings (SSSR count). The number of halogens is 1. The van der Waals surface area contributed by atoms with Gasteiger partial charge in [-0.05, 0) is 41.8 Å². The highest BCUT2D eigenvalue weighted by molar-refractivity contribution is 5.00. The second-order valence-corrected chi connectivity index (χ2v) is 5.53. The maximum Gasteiger partial charge on any atom is 0.130 e. The van der Waals surface area contributed by atoms with Gasteiger partial charge in [0, 0.05) is 18.1 Å². The minimum atomic E-state index is -0.723. The Bertz CT molecular complexity index is 198. The van der Waals surface area contributed by atoms with E-state index in [0.717, 1.165) is 0 Å². The molecule has 1 aliphatic rings. The molecule has 1 saturated heterocycles. The Morgan fingerprint density at radius 1 is 1.29 bits per heavy atom. The normalized spacial score (nSPS) is 35.6. The van der Waals surface area contributed by atoms with Gasteiger partial charge in [0.05, 0.1) is 6.04 Å². The van der Waals surface area contributed by atoms with Crippen LogP contribution in [0.1, 0.15) is 27.7 Å². The van der Waals surface area contributed by atoms with E-state index in [1.165, 1.54) is 0 Å². The van der Waals surface area contributed by atoms with Crippen molar-refractivity contribution in [3.8, 4) is 0 Å². The Kier molecular flexibility index (Phi) is 3.22. The number of nitrogens with zero attached hydrogens (tertiary/aromatic N) is 2. The molecule has 0 N–H and O–H groups in total. The molecule has 0 aliphatic carbocycles. The molecule has 1 fully saturated rings. The Hall–Kier alpha value is -0.150. The number of hydrogen-bond acceptors (Lipinski definition) is 2. The van der Waals surface area contributed by atoms with Crippen LogP contribution in [0.15, 0.2) is 0 Å². The number of rotatable bonds is 1. The van der Waals surface area contributed by atoms with Crippen molar-refractivity contribution in [3.63, 3.8) is 0 Å². The predicted octanol–water partition coefficient (Wildman–Crippen LogP) is 1.76. The molecule has 0 radical (unpaired) electrons. The molecule has 0 bridgehead atoms. The first-order chi connectivity index (χ1) is 6.25. The third kappa shape index (κ3) is 2.09. The molecular weight excluding hydrogens is 179 g/mol. The fraction of sp³-hybridized carbons (Fsp3) is 1.00. The van der Waals surface area contributed by atoms with Crippen molar-refractivity contribution >= 4 is 0 Å². The molecule has 3 atom stereocenters. The molecular formula is C11H23FN2. The molecule has 0 aromatic rings. The predicted molar refractivity (Wildman–Crippen MR) is 58.3 cm³/mol. The topological polar surface area (TPSA) is 6.48 Å². The first-order valence-electron chi connectivity index (χ1n) is 5.32. The monoisotopic (exact) mass is 202 g/mol. The van der Waals surface area contributed by atoms with Crippen LogP contribution in [-0.4, -0.2) is 54.2 Å². The summed E-state index contributed by atoms with van der Waals surface area (Å²) in [5, 5.41) is 0. The summed E-state index contributed by atoms with van der Waals surface area (Å²) in [6, 6.07) is 0.328. The Morgan fingerprint density at radius 3 is 2.00 bits per heavy atom. The molecule has 0 amide bonds. The van der Waals surface area contributed by atoms with E-state index < -0.39 is 6.17 Å². The van der Waals surface area contributed by atoms with Gasteiger partial charge in [0.1, 0.15) is 6.17 Å². The van der Waals surface area contributed by atoms with Gasteiger partial charge < -0.3 is 4.90 Å². The lowest BCUT2D eigenvalue weighted by molar-refractivity contribution is 0.106. The van der Waals surface area contributed by atoms with E-state index in [2.05, 4.69) is 32.6 Å². The van der Waals surface area contributed by atoms with Crippen molar-refractivity contribution in [2.45, 2.75) is 51.5 Å². The van der Waals surface area contributed by atoms with E-state index in [1.807, 2.05) is 19.0 Å². The fourth-order valence-corrected chi connectivity index (χ4v) is 2.59. The molecule has 84 valence electrons. The summed E-state index contributed by atoms with van der Waals surface area (Å²) in [6.07, 6.45) is -0.723. The summed E-state index contributed by atoms with van der Waals surface area (Å²) in [5.41, 5.74) is 0.0640. The molecule has 0 spiro atoms. The molecule has 0 aromatic carbocycles. The lowest BCUT2D eigenvalue weighted by Crippen LogP contribution is -2.48. The molecule has 0 saturated carbocycles. The summed E-state index contributed by atoms with van der Waals surface area (Å²) in [4.78, 5) is 4.25. The molecule has 14 heavy (non-hydrogen) atoms. The van der Waals surface area contributed by atoms with E-state index in [4.69, 9.17) is 0 Å². The number of hydrogen-bond donors (Lipinski definition) is 0. The van der Waals surface area contributed by atoms with E-state index in [-0.39, 0.29) is 11.6 Å². The van der Waals surface area contributed by atoms with E-state index >= 15 is 0 Å². The molecule has 0 aromatic heterocycles. The summed E-state index contributed by atoms with van der Waals surface area (Å²) >= 11 is 0. The van der Waals surface area contributed by atoms with Crippen molar-refractivity contribution in [1.29, 1.82) is 0 Å². The van der Waals surface area contributed by atoms with Gasteiger partial charge in [0.15, 0.2) is 0 Å². The Morgan fingerprint density at radius 2 is 1.79 bits per heavy atom. The average molecular weight is 202 g/mol. The minimum Gasteiger partial charge on any atom is -0.302 e. The van der Waals surface area contributed by atoms with E-state index in [1.54, 1.807) is 0 Å². The van der Waals surface area contributed by atoms with Crippen LogP contribution >= 0.6 is 0 Å². The number of likely N-dealkylation sites (tertiary alicyclic amines) is 1. The standard InChI is InChI=1S/C11H23FN2/c1-8-10(13(5)6)9(12)7-14(8)11(2,3)4/h8-10H,7H2,1-6H3/t8-,9+,10+/m1/s1. The van der Waals surface area contributed by atoms with Crippen LogP contribution in [0, 0.1) is 0 Å². The van der Waals surface area contributed by atoms with Crippen LogP contribution in [-0.2, 0) is 0 Å². The third-order valence-electron chi connectivity index (χ3n) is 3.19. The summed E-state index contributed by atoms with van der Waals surface area (Å²) in [6.45, 7) is 9.12. The van der Waals surface area contributed by atoms with Gasteiger partial charge in [0.25, 0.3) is 0 Å². The van der Waals surface area contributed by atoms with Crippen LogP contribution in [0.4, 0.5) is 4.39 Å². The quantitative estimate of drug-likeness (QED) is 0.639. The van der Waals surface area contributed by atoms with E-state index in [9.17, 15) is 4.39 Å². The van der Waals surface area contributed by atoms with Crippen LogP contribution in [0.2, 0.25) is 0 Å². The van der Waals surface area contributed by atoms with Gasteiger partial charge in [-0.15, -0.1) is 0 Å². The first-order valence-corrected chi connectivity index (χ1v) is 5.32. The van der Waals surface area contributed by atoms with Crippen molar-refractivity contribution in [3.05, 3.63) is 0 Å². The molecule has 1 aliphatic heterocycles. The van der Waals surface area contributed by atoms with Crippen LogP contribution in [0.3, 0.4) is 0 Å². The highest BCUT2D eigenvalue weighted by atomic mass is 19.1. The summed E-state index contributed by atoms with van der Waals surface area (Å²) < 4.78 is 13.8. The highest BCUT2D eigenvalue weighted by Gasteiger charge is 2.44. The van der Waals surface area contributed by atoms with Crippen molar-refractivity contribution in [1.82, 2.24) is 9.80 Å². The van der Waals surface area contributed by atoms with Gasteiger partial charge in [-0.2, -0.15) is 0 Å². The maximum atomic E-state index is 13.8. The van der Waals surface area contributed by atoms with Crippen LogP contribution in [0.5, 0.6) is 0 Å². The van der Waals surface area contributed by atoms with Gasteiger partial charge in [0.2, 0.25) is 0 Å². The lowest BCUT2D eigenvalue weighted by Gasteiger charge is -2.37. The maximum absolute atomic E-state index is 13.8. The largest absolute Gasteiger partial charge is 0.302 e. The van der Waals surface area contributed by atoms with Crippen molar-refractivity contribution in [2.24, 2.45) is 0 Å². The third-order valence-corrected chi connectivity index (χ3v) is 3.19. The Balaban J connectivity index is 2.79. The summed E-state index contributed by atoms with van der Waals surface area (Å²) in [7, 11) is 3.92. The van der Waals surface area contributed by atoms with Gasteiger partial charge >= 0.3 is 0 Å². The average Bonchev–Trinajstić information content (AvgIpc) is 2.24. The fourth-order valence-electron chi connectivity index (χ4n) is 2.59. The first kappa shape index (κ1) is 11.9. The molecule has 0 unspecified atom stereocenters. The number of likely N-dealkylation sites (N-methyl/N-ethyl adjacent to an activating group) is 1. The molecule has 3 heteroatoms. The van der Waals surface area contributed by atoms with Gasteiger partial charge in [-0.3, -0.25) is 4.90 Å². The molecule has 1 heterocycles. The lowest BCUT2D eigenvalue weighted by atomic mass is 10.0. The van der Waals surface area contributed by atoms with Gasteiger partial charge in [-0.25, -0.2) is 4.39 Å². The zero-order valence-electron chi connectivity index (χ0n) is 10.2. The van der Waals surface area contributed by atoms with E-state index in [0.29, 0.717) is 12.6 Å². The Labute approximate surface area is 87.1 Å². The summed E-state index contributed by atoms with van der Waals surface area (Å²) in [5.74, 6) is 0. The van der Waals surface area contributed by atoms with Crippen molar-refractivity contribution < 1.29 is 4.39 Å². The van der Waals surface area contributed by atoms with Crippen molar-refractivity contribution in [2.75, 3.05) is 20.6 Å². The van der Waals surface area contributed by atoms with Crippen LogP contribution < -0.4 is 0 Å². The second-order valence-electron chi connectivity index (χ2n) is 5.53. The highest BCUT2D eigenvalue weighted by Crippen LogP contribution is 2.30. The van der Waals surface area contributed by atoms with Crippen LogP contribution in [0.25, 0.3) is 0 Å². The zero-order chi connectivity index (χ0) is 11.1. The number of alkyl halides is 1. The molecule has 2 nitrogen and oxygen atoms in total. The smallest absolute Gasteiger partial charge is 0.130 e.